The Labute approximate surface area is 138 Å². The van der Waals surface area contributed by atoms with Crippen LogP contribution in [0.15, 0.2) is 30.3 Å². The van der Waals surface area contributed by atoms with Gasteiger partial charge in [-0.05, 0) is 50.0 Å². The van der Waals surface area contributed by atoms with Crippen LogP contribution in [0.25, 0.3) is 0 Å². The monoisotopic (exact) mass is 313 g/mol. The molecule has 1 saturated heterocycles. The summed E-state index contributed by atoms with van der Waals surface area (Å²) in [5.41, 5.74) is 1.25. The third-order valence-corrected chi connectivity index (χ3v) is 6.51. The fourth-order valence-electron chi connectivity index (χ4n) is 5.05. The molecular weight excluding hydrogens is 286 g/mol. The fraction of sp³-hybridized carbons (Fsp3) is 0.650. The van der Waals surface area contributed by atoms with E-state index in [1.165, 1.54) is 18.4 Å². The molecule has 2 saturated carbocycles. The second-order valence-corrected chi connectivity index (χ2v) is 8.66. The first-order valence-corrected chi connectivity index (χ1v) is 8.94. The van der Waals surface area contributed by atoms with E-state index < -0.39 is 5.60 Å². The van der Waals surface area contributed by atoms with Crippen LogP contribution in [0.5, 0.6) is 0 Å². The van der Waals surface area contributed by atoms with Gasteiger partial charge in [-0.1, -0.05) is 37.3 Å². The smallest absolute Gasteiger partial charge is 0.225 e. The maximum atomic E-state index is 12.4. The summed E-state index contributed by atoms with van der Waals surface area (Å²) in [5.74, 6) is 1.73. The molecule has 0 unspecified atom stereocenters. The summed E-state index contributed by atoms with van der Waals surface area (Å²) in [4.78, 5) is 14.4. The topological polar surface area (TPSA) is 40.5 Å². The van der Waals surface area contributed by atoms with E-state index in [1.54, 1.807) is 0 Å². The number of amides is 1. The van der Waals surface area contributed by atoms with Crippen molar-refractivity contribution in [2.24, 2.45) is 17.3 Å². The van der Waals surface area contributed by atoms with Crippen molar-refractivity contribution in [1.82, 2.24) is 4.90 Å². The van der Waals surface area contributed by atoms with Gasteiger partial charge >= 0.3 is 0 Å². The number of likely N-dealkylation sites (tertiary alicyclic amines) is 1. The third-order valence-electron chi connectivity index (χ3n) is 6.51. The second-order valence-electron chi connectivity index (χ2n) is 8.66. The summed E-state index contributed by atoms with van der Waals surface area (Å²) < 4.78 is 0. The van der Waals surface area contributed by atoms with Crippen molar-refractivity contribution in [2.75, 3.05) is 13.1 Å². The summed E-state index contributed by atoms with van der Waals surface area (Å²) in [5, 5.41) is 9.80. The molecule has 1 heterocycles. The average Bonchev–Trinajstić information content (AvgIpc) is 2.42. The van der Waals surface area contributed by atoms with Gasteiger partial charge in [0, 0.05) is 24.4 Å². The van der Waals surface area contributed by atoms with E-state index in [0.717, 1.165) is 19.0 Å². The molecule has 0 radical (unpaired) electrons. The number of nitrogens with zero attached hydrogens (tertiary/aromatic N) is 1. The lowest BCUT2D eigenvalue weighted by atomic mass is 9.54. The Balaban J connectivity index is 1.26. The number of hydrogen-bond donors (Lipinski definition) is 1. The summed E-state index contributed by atoms with van der Waals surface area (Å²) in [6.07, 6.45) is 3.80. The van der Waals surface area contributed by atoms with Crippen molar-refractivity contribution in [3.8, 4) is 0 Å². The highest BCUT2D eigenvalue weighted by molar-refractivity contribution is 5.81. The zero-order chi connectivity index (χ0) is 16.2. The molecule has 0 bridgehead atoms. The number of benzene rings is 1. The molecule has 0 aromatic heterocycles. The predicted molar refractivity (Wildman–Crippen MR) is 89.9 cm³/mol. The van der Waals surface area contributed by atoms with Crippen molar-refractivity contribution in [2.45, 2.75) is 51.0 Å². The second kappa shape index (κ2) is 5.07. The summed E-state index contributed by atoms with van der Waals surface area (Å²) in [6.45, 7) is 6.06. The van der Waals surface area contributed by atoms with Gasteiger partial charge in [-0.3, -0.25) is 4.79 Å². The minimum atomic E-state index is -0.602. The molecule has 1 atom stereocenters. The van der Waals surface area contributed by atoms with Gasteiger partial charge in [0.1, 0.15) is 0 Å². The van der Waals surface area contributed by atoms with E-state index in [9.17, 15) is 9.90 Å². The number of hydrogen-bond acceptors (Lipinski definition) is 2. The Morgan fingerprint density at radius 1 is 1.17 bits per heavy atom. The molecule has 4 rings (SSSR count). The quantitative estimate of drug-likeness (QED) is 0.931. The summed E-state index contributed by atoms with van der Waals surface area (Å²) in [7, 11) is 0. The molecular formula is C20H27NO2. The highest BCUT2D eigenvalue weighted by atomic mass is 16.3. The van der Waals surface area contributed by atoms with Crippen molar-refractivity contribution in [3.05, 3.63) is 35.9 Å². The molecule has 1 aromatic carbocycles. The maximum absolute atomic E-state index is 12.4. The lowest BCUT2D eigenvalue weighted by Gasteiger charge is -2.61. The third kappa shape index (κ3) is 2.59. The lowest BCUT2D eigenvalue weighted by Crippen LogP contribution is -2.66. The van der Waals surface area contributed by atoms with Crippen LogP contribution >= 0.6 is 0 Å². The largest absolute Gasteiger partial charge is 0.390 e. The molecule has 124 valence electrons. The Kier molecular flexibility index (Phi) is 3.35. The van der Waals surface area contributed by atoms with Crippen LogP contribution in [-0.4, -0.2) is 34.6 Å². The minimum absolute atomic E-state index is 0.0708. The van der Waals surface area contributed by atoms with Gasteiger partial charge in [-0.2, -0.15) is 0 Å². The number of rotatable bonds is 3. The standard InChI is InChI=1S/C20H27NO2/c1-14(15-6-4-3-5-7-15)16-10-20(11-16)12-21(13-20)18(22)17-8-19(2,23)9-17/h3-7,14,16-17,23H,8-13H2,1-2H3/t14-,17?,19?/m1/s1. The van der Waals surface area contributed by atoms with Gasteiger partial charge in [-0.25, -0.2) is 0 Å². The van der Waals surface area contributed by atoms with Gasteiger partial charge in [-0.15, -0.1) is 0 Å². The molecule has 3 fully saturated rings. The van der Waals surface area contributed by atoms with Gasteiger partial charge in [0.2, 0.25) is 5.91 Å². The Morgan fingerprint density at radius 2 is 1.78 bits per heavy atom. The van der Waals surface area contributed by atoms with Crippen LogP contribution in [0.3, 0.4) is 0 Å². The van der Waals surface area contributed by atoms with Gasteiger partial charge < -0.3 is 10.0 Å². The van der Waals surface area contributed by atoms with Crippen LogP contribution in [0.2, 0.25) is 0 Å². The van der Waals surface area contributed by atoms with Crippen LogP contribution in [0.4, 0.5) is 0 Å². The highest BCUT2D eigenvalue weighted by Gasteiger charge is 2.56. The lowest BCUT2D eigenvalue weighted by molar-refractivity contribution is -0.172. The molecule has 2 aliphatic carbocycles. The average molecular weight is 313 g/mol. The molecule has 3 aliphatic rings. The van der Waals surface area contributed by atoms with Gasteiger partial charge in [0.25, 0.3) is 0 Å². The first-order valence-electron chi connectivity index (χ1n) is 8.94. The van der Waals surface area contributed by atoms with Gasteiger partial charge in [0.05, 0.1) is 5.60 Å². The first-order chi connectivity index (χ1) is 10.9. The van der Waals surface area contributed by atoms with E-state index in [1.807, 2.05) is 11.8 Å². The Hall–Kier alpha value is -1.35. The van der Waals surface area contributed by atoms with Crippen LogP contribution in [0.1, 0.15) is 51.0 Å². The molecule has 1 spiro atoms. The molecule has 1 N–H and O–H groups in total. The van der Waals surface area contributed by atoms with Crippen LogP contribution in [-0.2, 0) is 4.79 Å². The van der Waals surface area contributed by atoms with Gasteiger partial charge in [0.15, 0.2) is 0 Å². The molecule has 23 heavy (non-hydrogen) atoms. The maximum Gasteiger partial charge on any atom is 0.225 e. The van der Waals surface area contributed by atoms with Crippen LogP contribution < -0.4 is 0 Å². The number of carbonyl (C=O) groups is 1. The fourth-order valence-corrected chi connectivity index (χ4v) is 5.05. The van der Waals surface area contributed by atoms with E-state index in [-0.39, 0.29) is 11.8 Å². The minimum Gasteiger partial charge on any atom is -0.390 e. The summed E-state index contributed by atoms with van der Waals surface area (Å²) in [6, 6.07) is 10.8. The van der Waals surface area contributed by atoms with Crippen molar-refractivity contribution in [3.63, 3.8) is 0 Å². The summed E-state index contributed by atoms with van der Waals surface area (Å²) >= 11 is 0. The Morgan fingerprint density at radius 3 is 2.35 bits per heavy atom. The molecule has 3 heteroatoms. The molecule has 1 amide bonds. The van der Waals surface area contributed by atoms with Crippen molar-refractivity contribution < 1.29 is 9.90 Å². The van der Waals surface area contributed by atoms with E-state index in [4.69, 9.17) is 0 Å². The van der Waals surface area contributed by atoms with E-state index in [2.05, 4.69) is 37.3 Å². The first kappa shape index (κ1) is 15.2. The molecule has 1 aliphatic heterocycles. The highest BCUT2D eigenvalue weighted by Crippen LogP contribution is 2.56. The van der Waals surface area contributed by atoms with E-state index >= 15 is 0 Å². The number of carbonyl (C=O) groups excluding carboxylic acids is 1. The van der Waals surface area contributed by atoms with Crippen LogP contribution in [0, 0.1) is 17.3 Å². The number of aliphatic hydroxyl groups is 1. The zero-order valence-corrected chi connectivity index (χ0v) is 14.2. The zero-order valence-electron chi connectivity index (χ0n) is 14.2. The Bertz CT molecular complexity index is 587. The van der Waals surface area contributed by atoms with Crippen molar-refractivity contribution >= 4 is 5.91 Å². The molecule has 3 nitrogen and oxygen atoms in total. The van der Waals surface area contributed by atoms with E-state index in [0.29, 0.717) is 24.2 Å². The van der Waals surface area contributed by atoms with Crippen molar-refractivity contribution in [1.29, 1.82) is 0 Å². The predicted octanol–water partition coefficient (Wildman–Crippen LogP) is 3.19. The molecule has 1 aromatic rings. The normalized spacial score (nSPS) is 33.5. The SMILES string of the molecule is C[C@H](c1ccccc1)C1CC2(C1)CN(C(=O)C1CC(C)(O)C1)C2.